The summed E-state index contributed by atoms with van der Waals surface area (Å²) in [5, 5.41) is 0. The van der Waals surface area contributed by atoms with Gasteiger partial charge in [-0.3, -0.25) is 0 Å². The first kappa shape index (κ1) is 16.1. The Labute approximate surface area is 131 Å². The van der Waals surface area contributed by atoms with Crippen molar-refractivity contribution in [3.8, 4) is 0 Å². The Hall–Kier alpha value is -2.25. The van der Waals surface area contributed by atoms with Crippen molar-refractivity contribution in [2.75, 3.05) is 0 Å². The Balaban J connectivity index is 1.95. The second-order valence-corrected chi connectivity index (χ2v) is 5.94. The quantitative estimate of drug-likeness (QED) is 0.531. The average molecular weight is 314 g/mol. The lowest BCUT2D eigenvalue weighted by Gasteiger charge is -2.12. The summed E-state index contributed by atoms with van der Waals surface area (Å²) in [6.07, 6.45) is 0. The Morgan fingerprint density at radius 1 is 0.773 bits per heavy atom. The first-order valence-electron chi connectivity index (χ1n) is 6.87. The Bertz CT molecular complexity index is 639. The number of benzene rings is 2. The van der Waals surface area contributed by atoms with Gasteiger partial charge in [-0.1, -0.05) is 72.8 Å². The van der Waals surface area contributed by atoms with E-state index < -0.39 is 8.25 Å². The van der Waals surface area contributed by atoms with Crippen molar-refractivity contribution >= 4 is 19.8 Å². The Morgan fingerprint density at radius 3 is 1.41 bits per heavy atom. The molecule has 22 heavy (non-hydrogen) atoms. The molecule has 4 heteroatoms. The highest BCUT2D eigenvalue weighted by Crippen LogP contribution is 2.36. The van der Waals surface area contributed by atoms with Gasteiger partial charge in [0, 0.05) is 11.1 Å². The third-order valence-electron chi connectivity index (χ3n) is 3.16. The number of rotatable bonds is 6. The predicted octanol–water partition coefficient (Wildman–Crippen LogP) is 5.37. The SMILES string of the molecule is C=C(O[PH](=O)OC(=C)c1ccc(C)cc1)c1ccc(C)cc1. The van der Waals surface area contributed by atoms with Gasteiger partial charge in [0.05, 0.1) is 0 Å². The maximum atomic E-state index is 12.0. The second kappa shape index (κ2) is 7.15. The first-order chi connectivity index (χ1) is 10.5. The fourth-order valence-corrected chi connectivity index (χ4v) is 2.50. The molecular weight excluding hydrogens is 295 g/mol. The van der Waals surface area contributed by atoms with Crippen LogP contribution in [0.15, 0.2) is 61.7 Å². The van der Waals surface area contributed by atoms with Crippen LogP contribution in [0.3, 0.4) is 0 Å². The van der Waals surface area contributed by atoms with Crippen molar-refractivity contribution < 1.29 is 13.6 Å². The van der Waals surface area contributed by atoms with Crippen LogP contribution in [0.2, 0.25) is 0 Å². The first-order valence-corrected chi connectivity index (χ1v) is 8.10. The van der Waals surface area contributed by atoms with Gasteiger partial charge in [0.15, 0.2) is 0 Å². The van der Waals surface area contributed by atoms with Crippen LogP contribution < -0.4 is 0 Å². The van der Waals surface area contributed by atoms with E-state index in [4.69, 9.17) is 9.05 Å². The van der Waals surface area contributed by atoms with Gasteiger partial charge in [-0.2, -0.15) is 0 Å². The summed E-state index contributed by atoms with van der Waals surface area (Å²) in [5.74, 6) is 0.640. The highest BCUT2D eigenvalue weighted by molar-refractivity contribution is 7.34. The molecule has 0 amide bonds. The van der Waals surface area contributed by atoms with Gasteiger partial charge in [0.1, 0.15) is 11.5 Å². The van der Waals surface area contributed by atoms with Crippen LogP contribution >= 0.6 is 8.25 Å². The number of aryl methyl sites for hydroxylation is 2. The lowest BCUT2D eigenvalue weighted by atomic mass is 10.1. The third kappa shape index (κ3) is 4.37. The van der Waals surface area contributed by atoms with Crippen LogP contribution in [0.4, 0.5) is 0 Å². The molecule has 2 aromatic rings. The molecule has 0 aromatic heterocycles. The van der Waals surface area contributed by atoms with E-state index in [0.717, 1.165) is 22.3 Å². The fraction of sp³-hybridized carbons (Fsp3) is 0.111. The van der Waals surface area contributed by atoms with Crippen LogP contribution in [-0.4, -0.2) is 0 Å². The summed E-state index contributed by atoms with van der Waals surface area (Å²) in [6, 6.07) is 15.2. The van der Waals surface area contributed by atoms with Crippen molar-refractivity contribution in [1.82, 2.24) is 0 Å². The van der Waals surface area contributed by atoms with Crippen molar-refractivity contribution in [2.45, 2.75) is 13.8 Å². The van der Waals surface area contributed by atoms with Gasteiger partial charge in [0.2, 0.25) is 0 Å². The maximum absolute atomic E-state index is 12.0. The van der Waals surface area contributed by atoms with Gasteiger partial charge in [-0.15, -0.1) is 0 Å². The molecular formula is C18H19O3P. The summed E-state index contributed by atoms with van der Waals surface area (Å²) < 4.78 is 22.5. The number of hydrogen-bond acceptors (Lipinski definition) is 3. The molecule has 0 saturated carbocycles. The van der Waals surface area contributed by atoms with E-state index in [0.29, 0.717) is 11.5 Å². The smallest absolute Gasteiger partial charge is 0.418 e. The third-order valence-corrected chi connectivity index (χ3v) is 3.99. The molecule has 0 spiro atoms. The zero-order chi connectivity index (χ0) is 16.1. The highest BCUT2D eigenvalue weighted by Gasteiger charge is 2.09. The molecule has 0 aliphatic heterocycles. The summed E-state index contributed by atoms with van der Waals surface area (Å²) in [4.78, 5) is 0. The minimum Gasteiger partial charge on any atom is -0.418 e. The van der Waals surface area contributed by atoms with Crippen LogP contribution in [0.1, 0.15) is 22.3 Å². The van der Waals surface area contributed by atoms with Gasteiger partial charge in [0.25, 0.3) is 0 Å². The minimum absolute atomic E-state index is 0.320. The van der Waals surface area contributed by atoms with Gasteiger partial charge in [-0.25, -0.2) is 4.57 Å². The average Bonchev–Trinajstić information content (AvgIpc) is 2.48. The summed E-state index contributed by atoms with van der Waals surface area (Å²) in [5.41, 5.74) is 3.81. The van der Waals surface area contributed by atoms with E-state index >= 15 is 0 Å². The summed E-state index contributed by atoms with van der Waals surface area (Å²) >= 11 is 0. The zero-order valence-corrected chi connectivity index (χ0v) is 13.8. The molecule has 0 fully saturated rings. The molecule has 2 rings (SSSR count). The molecule has 114 valence electrons. The predicted molar refractivity (Wildman–Crippen MR) is 91.6 cm³/mol. The van der Waals surface area contributed by atoms with Gasteiger partial charge >= 0.3 is 8.25 Å². The van der Waals surface area contributed by atoms with E-state index in [2.05, 4.69) is 13.2 Å². The van der Waals surface area contributed by atoms with E-state index in [1.165, 1.54) is 0 Å². The Morgan fingerprint density at radius 2 is 1.09 bits per heavy atom. The summed E-state index contributed by atoms with van der Waals surface area (Å²) in [7, 11) is -2.75. The number of hydrogen-bond donors (Lipinski definition) is 0. The lowest BCUT2D eigenvalue weighted by Crippen LogP contribution is -1.88. The fourth-order valence-electron chi connectivity index (χ4n) is 1.82. The van der Waals surface area contributed by atoms with E-state index in [1.807, 2.05) is 62.4 Å². The van der Waals surface area contributed by atoms with Crippen LogP contribution in [0.5, 0.6) is 0 Å². The standard InChI is InChI=1S/C18H19O3P/c1-13-5-9-17(10-6-13)15(3)20-22(19)21-16(4)18-11-7-14(2)8-12-18/h5-12,22H,3-4H2,1-2H3. The molecule has 0 unspecified atom stereocenters. The molecule has 0 N–H and O–H groups in total. The topological polar surface area (TPSA) is 35.5 Å². The second-order valence-electron chi connectivity index (χ2n) is 5.03. The van der Waals surface area contributed by atoms with Gasteiger partial charge < -0.3 is 9.05 Å². The molecule has 2 aromatic carbocycles. The normalized spacial score (nSPS) is 10.3. The maximum Gasteiger partial charge on any atom is 0.418 e. The molecule has 0 radical (unpaired) electrons. The van der Waals surface area contributed by atoms with Crippen molar-refractivity contribution in [1.29, 1.82) is 0 Å². The lowest BCUT2D eigenvalue weighted by molar-refractivity contribution is 0.383. The summed E-state index contributed by atoms with van der Waals surface area (Å²) in [6.45, 7) is 11.5. The van der Waals surface area contributed by atoms with E-state index in [-0.39, 0.29) is 0 Å². The van der Waals surface area contributed by atoms with Crippen molar-refractivity contribution in [2.24, 2.45) is 0 Å². The molecule has 0 bridgehead atoms. The largest absolute Gasteiger partial charge is 0.418 e. The van der Waals surface area contributed by atoms with Crippen molar-refractivity contribution in [3.05, 3.63) is 83.9 Å². The molecule has 3 nitrogen and oxygen atoms in total. The van der Waals surface area contributed by atoms with Crippen LogP contribution in [-0.2, 0) is 13.6 Å². The molecule has 0 aliphatic rings. The van der Waals surface area contributed by atoms with Crippen LogP contribution in [0.25, 0.3) is 11.5 Å². The zero-order valence-electron chi connectivity index (χ0n) is 12.8. The molecule has 0 atom stereocenters. The molecule has 0 aliphatic carbocycles. The van der Waals surface area contributed by atoms with Gasteiger partial charge in [-0.05, 0) is 13.8 Å². The minimum atomic E-state index is -2.75. The monoisotopic (exact) mass is 314 g/mol. The molecule has 0 saturated heterocycles. The van der Waals surface area contributed by atoms with E-state index in [9.17, 15) is 4.57 Å². The van der Waals surface area contributed by atoms with Crippen molar-refractivity contribution in [3.63, 3.8) is 0 Å². The highest BCUT2D eigenvalue weighted by atomic mass is 31.1. The Kier molecular flexibility index (Phi) is 5.24. The molecule has 0 heterocycles. The van der Waals surface area contributed by atoms with Crippen LogP contribution in [0, 0.1) is 13.8 Å². The van der Waals surface area contributed by atoms with E-state index in [1.54, 1.807) is 0 Å².